The molecule has 0 saturated heterocycles. The summed E-state index contributed by atoms with van der Waals surface area (Å²) in [4.78, 5) is 15.7. The molecule has 2 amide bonds. The van der Waals surface area contributed by atoms with E-state index in [1.54, 1.807) is 24.1 Å². The Morgan fingerprint density at radius 3 is 2.61 bits per heavy atom. The van der Waals surface area contributed by atoms with E-state index >= 15 is 0 Å². The molecule has 1 N–H and O–H groups in total. The Morgan fingerprint density at radius 2 is 1.82 bits per heavy atom. The summed E-state index contributed by atoms with van der Waals surface area (Å²) in [5.74, 6) is 1.15. The van der Waals surface area contributed by atoms with E-state index in [1.807, 2.05) is 84.5 Å². The number of para-hydroxylation sites is 1. The van der Waals surface area contributed by atoms with Crippen LogP contribution in [0.5, 0.6) is 5.75 Å². The molecule has 0 aliphatic carbocycles. The van der Waals surface area contributed by atoms with Crippen molar-refractivity contribution >= 4 is 11.7 Å². The second-order valence-corrected chi connectivity index (χ2v) is 9.19. The third kappa shape index (κ3) is 4.10. The highest BCUT2D eigenvalue weighted by Gasteiger charge is 2.36. The minimum Gasteiger partial charge on any atom is -0.497 e. The molecule has 2 aromatic heterocycles. The molecule has 0 fully saturated rings. The van der Waals surface area contributed by atoms with Gasteiger partial charge in [-0.25, -0.2) is 13.9 Å². The number of amides is 2. The minimum atomic E-state index is -0.454. The number of hydrogen-bond donors (Lipinski definition) is 1. The predicted octanol–water partition coefficient (Wildman–Crippen LogP) is 6.26. The number of rotatable bonds is 4. The van der Waals surface area contributed by atoms with Gasteiger partial charge in [-0.15, -0.1) is 0 Å². The van der Waals surface area contributed by atoms with Crippen molar-refractivity contribution in [2.24, 2.45) is 0 Å². The first-order valence-electron chi connectivity index (χ1n) is 12.3. The largest absolute Gasteiger partial charge is 0.497 e. The fourth-order valence-electron chi connectivity index (χ4n) is 5.07. The standard InChI is InChI=1S/C30H26FN5O2/c1-20-26-19-35(30(37)32-23-11-7-10-22(31)18-23)28(21-9-6-14-25(17-21)38-2)27-15-8-16-34(27)29(26)36(33-20)24-12-4-3-5-13-24/h3-18,28H,19H2,1-2H3,(H,32,37). The maximum absolute atomic E-state index is 13.9. The van der Waals surface area contributed by atoms with Crippen LogP contribution >= 0.6 is 0 Å². The number of aromatic nitrogens is 3. The third-order valence-electron chi connectivity index (χ3n) is 6.83. The van der Waals surface area contributed by atoms with Crippen molar-refractivity contribution in [2.75, 3.05) is 12.4 Å². The van der Waals surface area contributed by atoms with Crippen molar-refractivity contribution in [3.05, 3.63) is 126 Å². The van der Waals surface area contributed by atoms with Crippen molar-refractivity contribution in [3.63, 3.8) is 0 Å². The second kappa shape index (κ2) is 9.55. The number of nitrogens with one attached hydrogen (secondary N) is 1. The number of methoxy groups -OCH3 is 1. The number of benzene rings is 3. The Hall–Kier alpha value is -4.85. The van der Waals surface area contributed by atoms with Crippen LogP contribution in [0.15, 0.2) is 97.2 Å². The summed E-state index contributed by atoms with van der Waals surface area (Å²) in [6.07, 6.45) is 2.00. The Labute approximate surface area is 219 Å². The number of ether oxygens (including phenoxy) is 1. The molecule has 6 rings (SSSR count). The van der Waals surface area contributed by atoms with E-state index in [1.165, 1.54) is 12.1 Å². The zero-order valence-electron chi connectivity index (χ0n) is 21.0. The normalized spacial score (nSPS) is 14.4. The molecule has 7 nitrogen and oxygen atoms in total. The van der Waals surface area contributed by atoms with Crippen molar-refractivity contribution in [2.45, 2.75) is 19.5 Å². The SMILES string of the molecule is COc1cccc(C2c3cccn3-c3c(c(C)nn3-c3ccccc3)CN2C(=O)Nc2cccc(F)c2)c1. The first-order chi connectivity index (χ1) is 18.5. The van der Waals surface area contributed by atoms with Gasteiger partial charge in [0.05, 0.1) is 36.8 Å². The van der Waals surface area contributed by atoms with E-state index in [0.717, 1.165) is 34.0 Å². The number of nitrogens with zero attached hydrogens (tertiary/aromatic N) is 4. The molecule has 1 unspecified atom stereocenters. The first-order valence-corrected chi connectivity index (χ1v) is 12.3. The maximum Gasteiger partial charge on any atom is 0.322 e. The van der Waals surface area contributed by atoms with E-state index in [2.05, 4.69) is 9.88 Å². The van der Waals surface area contributed by atoms with E-state index in [4.69, 9.17) is 9.84 Å². The topological polar surface area (TPSA) is 64.3 Å². The smallest absolute Gasteiger partial charge is 0.322 e. The average molecular weight is 508 g/mol. The Kier molecular flexibility index (Phi) is 5.92. The number of urea groups is 1. The fraction of sp³-hybridized carbons (Fsp3) is 0.133. The van der Waals surface area contributed by atoms with Gasteiger partial charge in [0.15, 0.2) is 0 Å². The molecule has 1 atom stereocenters. The fourth-order valence-corrected chi connectivity index (χ4v) is 5.07. The van der Waals surface area contributed by atoms with Crippen LogP contribution in [0, 0.1) is 12.7 Å². The Bertz CT molecular complexity index is 1620. The third-order valence-corrected chi connectivity index (χ3v) is 6.83. The highest BCUT2D eigenvalue weighted by Crippen LogP contribution is 2.39. The molecule has 0 spiro atoms. The lowest BCUT2D eigenvalue weighted by atomic mass is 10.0. The molecule has 1 aliphatic heterocycles. The lowest BCUT2D eigenvalue weighted by Crippen LogP contribution is -2.38. The molecular weight excluding hydrogens is 481 g/mol. The van der Waals surface area contributed by atoms with Crippen LogP contribution in [-0.2, 0) is 6.54 Å². The van der Waals surface area contributed by atoms with Gasteiger partial charge >= 0.3 is 6.03 Å². The van der Waals surface area contributed by atoms with Gasteiger partial charge in [-0.3, -0.25) is 0 Å². The van der Waals surface area contributed by atoms with E-state index in [-0.39, 0.29) is 6.03 Å². The Balaban J connectivity index is 1.54. The van der Waals surface area contributed by atoms with Crippen LogP contribution < -0.4 is 10.1 Å². The molecule has 3 heterocycles. The second-order valence-electron chi connectivity index (χ2n) is 9.19. The molecule has 0 radical (unpaired) electrons. The van der Waals surface area contributed by atoms with Crippen molar-refractivity contribution < 1.29 is 13.9 Å². The minimum absolute atomic E-state index is 0.290. The number of carbonyl (C=O) groups is 1. The van der Waals surface area contributed by atoms with Crippen LogP contribution in [0.2, 0.25) is 0 Å². The van der Waals surface area contributed by atoms with Gasteiger partial charge in [-0.05, 0) is 67.1 Å². The molecule has 0 saturated carbocycles. The van der Waals surface area contributed by atoms with Crippen molar-refractivity contribution in [1.29, 1.82) is 0 Å². The summed E-state index contributed by atoms with van der Waals surface area (Å²) in [5, 5.41) is 7.76. The molecule has 38 heavy (non-hydrogen) atoms. The molecule has 8 heteroatoms. The quantitative estimate of drug-likeness (QED) is 0.312. The van der Waals surface area contributed by atoms with Gasteiger partial charge in [-0.1, -0.05) is 36.4 Å². The Morgan fingerprint density at radius 1 is 1.00 bits per heavy atom. The number of halogens is 1. The number of carbonyl (C=O) groups excluding carboxylic acids is 1. The maximum atomic E-state index is 13.9. The van der Waals surface area contributed by atoms with Crippen LogP contribution in [0.4, 0.5) is 14.9 Å². The molecular formula is C30H26FN5O2. The number of fused-ring (bicyclic) bond motifs is 3. The summed E-state index contributed by atoms with van der Waals surface area (Å²) in [5.41, 5.74) is 4.83. The van der Waals surface area contributed by atoms with E-state index in [0.29, 0.717) is 18.0 Å². The van der Waals surface area contributed by atoms with Crippen LogP contribution in [0.3, 0.4) is 0 Å². The number of anilines is 1. The molecule has 0 bridgehead atoms. The zero-order valence-corrected chi connectivity index (χ0v) is 21.0. The van der Waals surface area contributed by atoms with Crippen molar-refractivity contribution in [3.8, 4) is 17.3 Å². The van der Waals surface area contributed by atoms with Gasteiger partial charge in [-0.2, -0.15) is 5.10 Å². The number of hydrogen-bond acceptors (Lipinski definition) is 3. The lowest BCUT2D eigenvalue weighted by molar-refractivity contribution is 0.194. The zero-order chi connectivity index (χ0) is 26.2. The van der Waals surface area contributed by atoms with Gasteiger partial charge in [0.25, 0.3) is 0 Å². The summed E-state index contributed by atoms with van der Waals surface area (Å²) in [6, 6.07) is 26.7. The van der Waals surface area contributed by atoms with E-state index < -0.39 is 11.9 Å². The monoisotopic (exact) mass is 507 g/mol. The molecule has 1 aliphatic rings. The molecule has 5 aromatic rings. The highest BCUT2D eigenvalue weighted by atomic mass is 19.1. The van der Waals surface area contributed by atoms with Gasteiger partial charge in [0, 0.05) is 17.4 Å². The lowest BCUT2D eigenvalue weighted by Gasteiger charge is -2.31. The van der Waals surface area contributed by atoms with E-state index in [9.17, 15) is 9.18 Å². The van der Waals surface area contributed by atoms with Gasteiger partial charge < -0.3 is 19.5 Å². The first kappa shape index (κ1) is 23.5. The summed E-state index contributed by atoms with van der Waals surface area (Å²) >= 11 is 0. The molecule has 190 valence electrons. The van der Waals surface area contributed by atoms with Gasteiger partial charge in [0.1, 0.15) is 17.4 Å². The van der Waals surface area contributed by atoms with Crippen molar-refractivity contribution in [1.82, 2.24) is 19.2 Å². The number of aryl methyl sites for hydroxylation is 1. The highest BCUT2D eigenvalue weighted by molar-refractivity contribution is 5.90. The molecule has 3 aromatic carbocycles. The average Bonchev–Trinajstić information content (AvgIpc) is 3.49. The predicted molar refractivity (Wildman–Crippen MR) is 143 cm³/mol. The van der Waals surface area contributed by atoms with Crippen LogP contribution in [-0.4, -0.2) is 32.4 Å². The van der Waals surface area contributed by atoms with Crippen LogP contribution in [0.25, 0.3) is 11.5 Å². The summed E-state index contributed by atoms with van der Waals surface area (Å²) < 4.78 is 23.5. The van der Waals surface area contributed by atoms with Crippen LogP contribution in [0.1, 0.15) is 28.6 Å². The van der Waals surface area contributed by atoms with Gasteiger partial charge in [0.2, 0.25) is 0 Å². The summed E-state index contributed by atoms with van der Waals surface area (Å²) in [7, 11) is 1.62. The summed E-state index contributed by atoms with van der Waals surface area (Å²) in [6.45, 7) is 2.24.